The normalized spacial score (nSPS) is 13.8. The number of halogens is 1. The highest BCUT2D eigenvalue weighted by molar-refractivity contribution is 5.82. The van der Waals surface area contributed by atoms with Crippen LogP contribution in [0.1, 0.15) is 24.9 Å². The number of hydrogen-bond donors (Lipinski definition) is 2. The van der Waals surface area contributed by atoms with Crippen molar-refractivity contribution in [3.8, 4) is 0 Å². The minimum atomic E-state index is -0.608. The minimum Gasteiger partial charge on any atom is -0.348 e. The molecule has 0 saturated carbocycles. The van der Waals surface area contributed by atoms with Gasteiger partial charge in [-0.3, -0.25) is 4.79 Å². The molecule has 0 aromatic heterocycles. The van der Waals surface area contributed by atoms with E-state index < -0.39 is 6.04 Å². The second-order valence-corrected chi connectivity index (χ2v) is 3.92. The van der Waals surface area contributed by atoms with Crippen LogP contribution in [0, 0.1) is 5.82 Å². The fourth-order valence-corrected chi connectivity index (χ4v) is 1.47. The van der Waals surface area contributed by atoms with Gasteiger partial charge in [0.25, 0.3) is 0 Å². The molecule has 0 spiro atoms. The fraction of sp³-hybridized carbons (Fsp3) is 0.308. The van der Waals surface area contributed by atoms with Crippen LogP contribution in [0.4, 0.5) is 4.39 Å². The van der Waals surface area contributed by atoms with Crippen molar-refractivity contribution < 1.29 is 9.18 Å². The molecular weight excluding hydrogens is 219 g/mol. The fourth-order valence-electron chi connectivity index (χ4n) is 1.47. The van der Waals surface area contributed by atoms with Gasteiger partial charge >= 0.3 is 0 Å². The van der Waals surface area contributed by atoms with Gasteiger partial charge in [-0.05, 0) is 31.0 Å². The Morgan fingerprint density at radius 3 is 2.94 bits per heavy atom. The molecule has 3 N–H and O–H groups in total. The van der Waals surface area contributed by atoms with Gasteiger partial charge in [0, 0.05) is 0 Å². The van der Waals surface area contributed by atoms with Crippen molar-refractivity contribution >= 4 is 5.91 Å². The Bertz CT molecular complexity index is 406. The van der Waals surface area contributed by atoms with Gasteiger partial charge in [0.05, 0.1) is 12.1 Å². The molecule has 1 aromatic carbocycles. The molecule has 0 aliphatic carbocycles. The van der Waals surface area contributed by atoms with Crippen LogP contribution in [0.2, 0.25) is 0 Å². The molecule has 0 fully saturated rings. The molecule has 92 valence electrons. The molecule has 0 aliphatic rings. The lowest BCUT2D eigenvalue weighted by atomic mass is 10.1. The van der Waals surface area contributed by atoms with Gasteiger partial charge in [0.2, 0.25) is 5.91 Å². The van der Waals surface area contributed by atoms with Crippen molar-refractivity contribution in [2.24, 2.45) is 5.73 Å². The van der Waals surface area contributed by atoms with Crippen molar-refractivity contribution in [1.29, 1.82) is 0 Å². The molecule has 1 amide bonds. The Morgan fingerprint density at radius 1 is 1.65 bits per heavy atom. The zero-order chi connectivity index (χ0) is 12.8. The number of rotatable bonds is 5. The lowest BCUT2D eigenvalue weighted by Gasteiger charge is -2.17. The second kappa shape index (κ2) is 6.15. The quantitative estimate of drug-likeness (QED) is 0.767. The Hall–Kier alpha value is -1.68. The number of benzene rings is 1. The standard InChI is InChI=1S/C13H17FN2O/c1-3-5-12(15)13(17)16-9(2)10-6-4-7-11(14)8-10/h3-4,6-9,12H,1,5,15H2,2H3,(H,16,17). The predicted molar refractivity (Wildman–Crippen MR) is 65.7 cm³/mol. The molecule has 2 unspecified atom stereocenters. The van der Waals surface area contributed by atoms with E-state index in [0.717, 1.165) is 0 Å². The highest BCUT2D eigenvalue weighted by atomic mass is 19.1. The van der Waals surface area contributed by atoms with E-state index in [4.69, 9.17) is 5.73 Å². The number of carbonyl (C=O) groups is 1. The molecule has 3 nitrogen and oxygen atoms in total. The third-order valence-electron chi connectivity index (χ3n) is 2.46. The molecule has 17 heavy (non-hydrogen) atoms. The molecule has 0 radical (unpaired) electrons. The van der Waals surface area contributed by atoms with Crippen molar-refractivity contribution in [1.82, 2.24) is 5.32 Å². The largest absolute Gasteiger partial charge is 0.348 e. The molecule has 1 aromatic rings. The van der Waals surface area contributed by atoms with Crippen molar-refractivity contribution in [3.63, 3.8) is 0 Å². The summed E-state index contributed by atoms with van der Waals surface area (Å²) < 4.78 is 13.0. The average molecular weight is 236 g/mol. The van der Waals surface area contributed by atoms with Crippen LogP contribution in [0.3, 0.4) is 0 Å². The third-order valence-corrected chi connectivity index (χ3v) is 2.46. The number of amides is 1. The molecule has 0 bridgehead atoms. The summed E-state index contributed by atoms with van der Waals surface area (Å²) in [6, 6.07) is 5.24. The summed E-state index contributed by atoms with van der Waals surface area (Å²) in [7, 11) is 0. The first-order valence-electron chi connectivity index (χ1n) is 5.47. The average Bonchev–Trinajstić information content (AvgIpc) is 2.29. The van der Waals surface area contributed by atoms with Crippen LogP contribution < -0.4 is 11.1 Å². The molecular formula is C13H17FN2O. The number of nitrogens with one attached hydrogen (secondary N) is 1. The first-order chi connectivity index (χ1) is 8.04. The van der Waals surface area contributed by atoms with E-state index in [0.29, 0.717) is 12.0 Å². The number of nitrogens with two attached hydrogens (primary N) is 1. The van der Waals surface area contributed by atoms with E-state index in [1.807, 2.05) is 0 Å². The van der Waals surface area contributed by atoms with Crippen molar-refractivity contribution in [2.45, 2.75) is 25.4 Å². The maximum Gasteiger partial charge on any atom is 0.237 e. The van der Waals surface area contributed by atoms with Crippen LogP contribution in [0.15, 0.2) is 36.9 Å². The summed E-state index contributed by atoms with van der Waals surface area (Å²) >= 11 is 0. The van der Waals surface area contributed by atoms with Gasteiger partial charge in [-0.25, -0.2) is 4.39 Å². The summed E-state index contributed by atoms with van der Waals surface area (Å²) in [6.07, 6.45) is 2.01. The Balaban J connectivity index is 2.63. The zero-order valence-corrected chi connectivity index (χ0v) is 9.82. The highest BCUT2D eigenvalue weighted by Crippen LogP contribution is 2.13. The Kier molecular flexibility index (Phi) is 4.84. The van der Waals surface area contributed by atoms with E-state index in [-0.39, 0.29) is 17.8 Å². The Morgan fingerprint density at radius 2 is 2.35 bits per heavy atom. The summed E-state index contributed by atoms with van der Waals surface area (Å²) in [4.78, 5) is 11.6. The molecule has 2 atom stereocenters. The van der Waals surface area contributed by atoms with Crippen molar-refractivity contribution in [2.75, 3.05) is 0 Å². The number of hydrogen-bond acceptors (Lipinski definition) is 2. The first kappa shape index (κ1) is 13.4. The van der Waals surface area contributed by atoms with Gasteiger partial charge in [0.15, 0.2) is 0 Å². The van der Waals surface area contributed by atoms with Crippen LogP contribution >= 0.6 is 0 Å². The SMILES string of the molecule is C=CCC(N)C(=O)NC(C)c1cccc(F)c1. The molecule has 0 saturated heterocycles. The van der Waals surface area contributed by atoms with Gasteiger partial charge < -0.3 is 11.1 Å². The summed E-state index contributed by atoms with van der Waals surface area (Å²) in [5.41, 5.74) is 6.34. The monoisotopic (exact) mass is 236 g/mol. The molecule has 0 aliphatic heterocycles. The predicted octanol–water partition coefficient (Wildman–Crippen LogP) is 1.91. The van der Waals surface area contributed by atoms with E-state index in [1.54, 1.807) is 25.1 Å². The summed E-state index contributed by atoms with van der Waals surface area (Å²) in [5, 5.41) is 2.73. The van der Waals surface area contributed by atoms with Gasteiger partial charge in [-0.2, -0.15) is 0 Å². The molecule has 4 heteroatoms. The second-order valence-electron chi connectivity index (χ2n) is 3.92. The van der Waals surface area contributed by atoms with Crippen molar-refractivity contribution in [3.05, 3.63) is 48.3 Å². The van der Waals surface area contributed by atoms with Gasteiger partial charge in [0.1, 0.15) is 5.82 Å². The maximum atomic E-state index is 13.0. The van der Waals surface area contributed by atoms with Crippen LogP contribution in [-0.2, 0) is 4.79 Å². The summed E-state index contributed by atoms with van der Waals surface area (Å²) in [5.74, 6) is -0.583. The molecule has 1 rings (SSSR count). The number of carbonyl (C=O) groups excluding carboxylic acids is 1. The first-order valence-corrected chi connectivity index (χ1v) is 5.47. The minimum absolute atomic E-state index is 0.262. The highest BCUT2D eigenvalue weighted by Gasteiger charge is 2.15. The van der Waals surface area contributed by atoms with Gasteiger partial charge in [-0.15, -0.1) is 6.58 Å². The Labute approximate surface area is 101 Å². The smallest absolute Gasteiger partial charge is 0.237 e. The van der Waals surface area contributed by atoms with Gasteiger partial charge in [-0.1, -0.05) is 18.2 Å². The van der Waals surface area contributed by atoms with E-state index >= 15 is 0 Å². The van der Waals surface area contributed by atoms with Crippen LogP contribution in [0.5, 0.6) is 0 Å². The summed E-state index contributed by atoms with van der Waals surface area (Å²) in [6.45, 7) is 5.31. The third kappa shape index (κ3) is 4.00. The van der Waals surface area contributed by atoms with E-state index in [1.165, 1.54) is 12.1 Å². The van der Waals surface area contributed by atoms with E-state index in [9.17, 15) is 9.18 Å². The lowest BCUT2D eigenvalue weighted by Crippen LogP contribution is -2.41. The van der Waals surface area contributed by atoms with Crippen LogP contribution in [0.25, 0.3) is 0 Å². The molecule has 0 heterocycles. The lowest BCUT2D eigenvalue weighted by molar-refractivity contribution is -0.122. The van der Waals surface area contributed by atoms with Crippen LogP contribution in [-0.4, -0.2) is 11.9 Å². The zero-order valence-electron chi connectivity index (χ0n) is 9.82. The topological polar surface area (TPSA) is 55.1 Å². The maximum absolute atomic E-state index is 13.0. The van der Waals surface area contributed by atoms with E-state index in [2.05, 4.69) is 11.9 Å².